The Morgan fingerprint density at radius 3 is 2.76 bits per heavy atom. The van der Waals surface area contributed by atoms with Crippen LogP contribution in [-0.2, 0) is 14.3 Å². The molecule has 0 atom stereocenters. The molecule has 0 aromatic heterocycles. The van der Waals surface area contributed by atoms with Gasteiger partial charge in [-0.25, -0.2) is 4.39 Å². The van der Waals surface area contributed by atoms with Crippen molar-refractivity contribution in [1.82, 2.24) is 4.90 Å². The van der Waals surface area contributed by atoms with Gasteiger partial charge in [-0.15, -0.1) is 0 Å². The Bertz CT molecular complexity index is 220. The summed E-state index contributed by atoms with van der Waals surface area (Å²) in [5.74, 6) is 0.00148. The van der Waals surface area contributed by atoms with Crippen LogP contribution in [0.15, 0.2) is 0 Å². The second kappa shape index (κ2) is 8.42. The van der Waals surface area contributed by atoms with E-state index in [1.807, 2.05) is 0 Å². The molecule has 1 heterocycles. The summed E-state index contributed by atoms with van der Waals surface area (Å²) in [4.78, 5) is 13.2. The van der Waals surface area contributed by atoms with Crippen molar-refractivity contribution in [2.45, 2.75) is 32.3 Å². The van der Waals surface area contributed by atoms with E-state index >= 15 is 0 Å². The zero-order valence-electron chi connectivity index (χ0n) is 10.5. The number of nitrogens with zero attached hydrogens (tertiary/aromatic N) is 1. The highest BCUT2D eigenvalue weighted by Gasteiger charge is 2.30. The van der Waals surface area contributed by atoms with Crippen molar-refractivity contribution in [1.29, 1.82) is 0 Å². The zero-order valence-corrected chi connectivity index (χ0v) is 10.5. The lowest BCUT2D eigenvalue weighted by Gasteiger charge is -2.38. The SMILES string of the molecule is CCCCCOCC(=O)N1CC(OCCF)C1. The lowest BCUT2D eigenvalue weighted by Crippen LogP contribution is -2.55. The molecule has 1 amide bonds. The van der Waals surface area contributed by atoms with Crippen molar-refractivity contribution in [3.8, 4) is 0 Å². The van der Waals surface area contributed by atoms with Crippen LogP contribution in [-0.4, -0.2) is 56.5 Å². The minimum atomic E-state index is -0.467. The first-order valence-corrected chi connectivity index (χ1v) is 6.31. The number of carbonyl (C=O) groups is 1. The van der Waals surface area contributed by atoms with E-state index in [0.29, 0.717) is 19.7 Å². The molecule has 0 radical (unpaired) electrons. The minimum absolute atomic E-state index is 0.00148. The number of hydrogen-bond donors (Lipinski definition) is 0. The summed E-state index contributed by atoms with van der Waals surface area (Å²) in [6, 6.07) is 0. The summed E-state index contributed by atoms with van der Waals surface area (Å²) in [6.45, 7) is 3.72. The summed E-state index contributed by atoms with van der Waals surface area (Å²) in [6.07, 6.45) is 3.30. The molecule has 0 unspecified atom stereocenters. The van der Waals surface area contributed by atoms with Crippen LogP contribution in [0.2, 0.25) is 0 Å². The number of halogens is 1. The standard InChI is InChI=1S/C12H22FNO3/c1-2-3-4-6-16-10-12(15)14-8-11(9-14)17-7-5-13/h11H,2-10H2,1H3. The lowest BCUT2D eigenvalue weighted by atomic mass is 10.1. The maximum Gasteiger partial charge on any atom is 0.248 e. The summed E-state index contributed by atoms with van der Waals surface area (Å²) in [5.41, 5.74) is 0. The maximum atomic E-state index is 11.8. The first kappa shape index (κ1) is 14.4. The van der Waals surface area contributed by atoms with Crippen molar-refractivity contribution >= 4 is 5.91 Å². The van der Waals surface area contributed by atoms with Crippen LogP contribution in [0.3, 0.4) is 0 Å². The van der Waals surface area contributed by atoms with Gasteiger partial charge in [0.15, 0.2) is 0 Å². The van der Waals surface area contributed by atoms with Gasteiger partial charge in [0.25, 0.3) is 0 Å². The van der Waals surface area contributed by atoms with E-state index in [0.717, 1.165) is 19.3 Å². The molecule has 5 heteroatoms. The third-order valence-corrected chi connectivity index (χ3v) is 2.75. The molecule has 0 aliphatic carbocycles. The molecule has 1 aliphatic heterocycles. The van der Waals surface area contributed by atoms with Crippen LogP contribution in [0.1, 0.15) is 26.2 Å². The van der Waals surface area contributed by atoms with E-state index in [4.69, 9.17) is 9.47 Å². The zero-order chi connectivity index (χ0) is 12.5. The monoisotopic (exact) mass is 247 g/mol. The molecule has 4 nitrogen and oxygen atoms in total. The van der Waals surface area contributed by atoms with Crippen LogP contribution in [0.5, 0.6) is 0 Å². The van der Waals surface area contributed by atoms with Gasteiger partial charge in [0.1, 0.15) is 13.3 Å². The van der Waals surface area contributed by atoms with Crippen molar-refractivity contribution in [3.05, 3.63) is 0 Å². The Labute approximate surface area is 102 Å². The summed E-state index contributed by atoms with van der Waals surface area (Å²) in [5, 5.41) is 0. The molecular weight excluding hydrogens is 225 g/mol. The number of amides is 1. The summed E-state index contributed by atoms with van der Waals surface area (Å²) < 4.78 is 22.2. The Kier molecular flexibility index (Phi) is 7.12. The quantitative estimate of drug-likeness (QED) is 0.578. The maximum absolute atomic E-state index is 11.8. The van der Waals surface area contributed by atoms with E-state index < -0.39 is 6.67 Å². The third-order valence-electron chi connectivity index (χ3n) is 2.75. The average molecular weight is 247 g/mol. The topological polar surface area (TPSA) is 38.8 Å². The molecule has 1 aliphatic rings. The van der Waals surface area contributed by atoms with E-state index in [-0.39, 0.29) is 25.2 Å². The Hall–Kier alpha value is -0.680. The first-order chi connectivity index (χ1) is 8.27. The van der Waals surface area contributed by atoms with E-state index in [9.17, 15) is 9.18 Å². The molecule has 1 fully saturated rings. The van der Waals surface area contributed by atoms with Crippen LogP contribution in [0.25, 0.3) is 0 Å². The third kappa shape index (κ3) is 5.46. The molecule has 0 bridgehead atoms. The summed E-state index contributed by atoms with van der Waals surface area (Å²) >= 11 is 0. The van der Waals surface area contributed by atoms with Crippen LogP contribution in [0, 0.1) is 0 Å². The van der Waals surface area contributed by atoms with Gasteiger partial charge < -0.3 is 14.4 Å². The molecular formula is C12H22FNO3. The highest BCUT2D eigenvalue weighted by Crippen LogP contribution is 2.11. The Balaban J connectivity index is 1.95. The Morgan fingerprint density at radius 1 is 1.35 bits per heavy atom. The van der Waals surface area contributed by atoms with Crippen molar-refractivity contribution in [2.75, 3.05) is 39.6 Å². The van der Waals surface area contributed by atoms with E-state index in [2.05, 4.69) is 6.92 Å². The molecule has 0 spiro atoms. The van der Waals surface area contributed by atoms with Crippen molar-refractivity contribution in [3.63, 3.8) is 0 Å². The second-order valence-electron chi connectivity index (χ2n) is 4.24. The van der Waals surface area contributed by atoms with Crippen LogP contribution < -0.4 is 0 Å². The number of ether oxygens (including phenoxy) is 2. The summed E-state index contributed by atoms with van der Waals surface area (Å²) in [7, 11) is 0. The normalized spacial score (nSPS) is 16.0. The molecule has 100 valence electrons. The number of likely N-dealkylation sites (tertiary alicyclic amines) is 1. The number of unbranched alkanes of at least 4 members (excludes halogenated alkanes) is 2. The smallest absolute Gasteiger partial charge is 0.248 e. The lowest BCUT2D eigenvalue weighted by molar-refractivity contribution is -0.150. The molecule has 1 rings (SSSR count). The largest absolute Gasteiger partial charge is 0.372 e. The van der Waals surface area contributed by atoms with Crippen LogP contribution in [0.4, 0.5) is 4.39 Å². The Morgan fingerprint density at radius 2 is 2.12 bits per heavy atom. The number of alkyl halides is 1. The average Bonchev–Trinajstić information content (AvgIpc) is 2.27. The van der Waals surface area contributed by atoms with E-state index in [1.54, 1.807) is 4.90 Å². The van der Waals surface area contributed by atoms with Crippen LogP contribution >= 0.6 is 0 Å². The molecule has 17 heavy (non-hydrogen) atoms. The van der Waals surface area contributed by atoms with Crippen molar-refractivity contribution in [2.24, 2.45) is 0 Å². The van der Waals surface area contributed by atoms with Gasteiger partial charge in [0.05, 0.1) is 12.7 Å². The fourth-order valence-corrected chi connectivity index (χ4v) is 1.66. The number of rotatable bonds is 9. The van der Waals surface area contributed by atoms with Gasteiger partial charge in [-0.05, 0) is 6.42 Å². The van der Waals surface area contributed by atoms with Gasteiger partial charge >= 0.3 is 0 Å². The fraction of sp³-hybridized carbons (Fsp3) is 0.917. The molecule has 0 saturated carbocycles. The van der Waals surface area contributed by atoms with Gasteiger partial charge in [-0.1, -0.05) is 19.8 Å². The highest BCUT2D eigenvalue weighted by atomic mass is 19.1. The highest BCUT2D eigenvalue weighted by molar-refractivity contribution is 5.78. The second-order valence-corrected chi connectivity index (χ2v) is 4.24. The predicted molar refractivity (Wildman–Crippen MR) is 62.6 cm³/mol. The van der Waals surface area contributed by atoms with Gasteiger partial charge in [0, 0.05) is 19.7 Å². The number of hydrogen-bond acceptors (Lipinski definition) is 3. The van der Waals surface area contributed by atoms with Gasteiger partial charge in [0.2, 0.25) is 5.91 Å². The molecule has 0 N–H and O–H groups in total. The first-order valence-electron chi connectivity index (χ1n) is 6.31. The van der Waals surface area contributed by atoms with Crippen molar-refractivity contribution < 1.29 is 18.7 Å². The van der Waals surface area contributed by atoms with Gasteiger partial charge in [-0.2, -0.15) is 0 Å². The minimum Gasteiger partial charge on any atom is -0.372 e. The van der Waals surface area contributed by atoms with E-state index in [1.165, 1.54) is 0 Å². The van der Waals surface area contributed by atoms with Gasteiger partial charge in [-0.3, -0.25) is 4.79 Å². The molecule has 0 aromatic carbocycles. The predicted octanol–water partition coefficient (Wildman–Crippen LogP) is 1.39. The molecule has 1 saturated heterocycles. The number of carbonyl (C=O) groups excluding carboxylic acids is 1. The fourth-order valence-electron chi connectivity index (χ4n) is 1.66. The molecule has 0 aromatic rings.